The summed E-state index contributed by atoms with van der Waals surface area (Å²) >= 11 is 0. The van der Waals surface area contributed by atoms with E-state index in [0.29, 0.717) is 36.6 Å². The lowest BCUT2D eigenvalue weighted by Gasteiger charge is -2.33. The number of nitrogens with zero attached hydrogens (tertiary/aromatic N) is 4. The molecule has 0 aliphatic carbocycles. The van der Waals surface area contributed by atoms with Crippen molar-refractivity contribution in [1.29, 1.82) is 0 Å². The number of aromatic nitrogens is 4. The third-order valence-corrected chi connectivity index (χ3v) is 8.05. The van der Waals surface area contributed by atoms with Gasteiger partial charge < -0.3 is 19.8 Å². The van der Waals surface area contributed by atoms with E-state index in [-0.39, 0.29) is 18.5 Å². The molecule has 0 amide bonds. The Bertz CT molecular complexity index is 1250. The Balaban J connectivity index is 1.76. The van der Waals surface area contributed by atoms with Crippen LogP contribution < -0.4 is 15.9 Å². The molecule has 0 aliphatic rings. The van der Waals surface area contributed by atoms with Crippen molar-refractivity contribution in [2.24, 2.45) is 0 Å². The van der Waals surface area contributed by atoms with E-state index < -0.39 is 19.0 Å². The molecule has 1 aromatic carbocycles. The lowest BCUT2D eigenvalue weighted by atomic mass is 10.1. The normalized spacial score (nSPS) is 15.3. The summed E-state index contributed by atoms with van der Waals surface area (Å²) in [5.41, 5.74) is 7.89. The van der Waals surface area contributed by atoms with Crippen molar-refractivity contribution >= 4 is 30.4 Å². The zero-order chi connectivity index (χ0) is 27.2. The van der Waals surface area contributed by atoms with Crippen LogP contribution in [0, 0.1) is 6.92 Å². The molecule has 0 radical (unpaired) electrons. The Morgan fingerprint density at radius 3 is 2.57 bits per heavy atom. The van der Waals surface area contributed by atoms with E-state index in [9.17, 15) is 9.36 Å². The number of nitrogens with one attached hydrogen (secondary N) is 2. The highest BCUT2D eigenvalue weighted by Crippen LogP contribution is 2.42. The average molecular weight is 532 g/mol. The van der Waals surface area contributed by atoms with Crippen molar-refractivity contribution in [2.45, 2.75) is 72.2 Å². The Morgan fingerprint density at radius 2 is 1.89 bits per heavy atom. The van der Waals surface area contributed by atoms with Crippen LogP contribution >= 0.6 is 7.44 Å². The molecule has 0 fully saturated rings. The molecule has 0 spiro atoms. The molecular weight excluding hydrogens is 493 g/mol. The Morgan fingerprint density at radius 1 is 1.19 bits per heavy atom. The summed E-state index contributed by atoms with van der Waals surface area (Å²) < 4.78 is 27.4. The summed E-state index contributed by atoms with van der Waals surface area (Å²) in [5.74, 6) is -0.174. The van der Waals surface area contributed by atoms with Gasteiger partial charge in [0.2, 0.25) is 7.44 Å². The van der Waals surface area contributed by atoms with Gasteiger partial charge in [0.05, 0.1) is 25.6 Å². The van der Waals surface area contributed by atoms with Gasteiger partial charge >= 0.3 is 5.97 Å². The number of hydrogen-bond acceptors (Lipinski definition) is 8. The highest BCUT2D eigenvalue weighted by Gasteiger charge is 2.38. The number of carbonyl (C=O) groups is 1. The summed E-state index contributed by atoms with van der Waals surface area (Å²) in [6, 6.07) is 7.71. The van der Waals surface area contributed by atoms with Crippen LogP contribution in [0.5, 0.6) is 0 Å². The van der Waals surface area contributed by atoms with Gasteiger partial charge in [0, 0.05) is 6.04 Å². The molecule has 4 N–H and O–H groups in total. The number of carbonyl (C=O) groups excluding carboxylic acids is 1. The van der Waals surface area contributed by atoms with Crippen LogP contribution in [-0.4, -0.2) is 50.1 Å². The number of nitrogen functional groups attached to an aromatic ring is 1. The monoisotopic (exact) mass is 531 g/mol. The van der Waals surface area contributed by atoms with Crippen molar-refractivity contribution in [3.8, 4) is 0 Å². The van der Waals surface area contributed by atoms with Gasteiger partial charge in [-0.15, -0.1) is 0 Å². The van der Waals surface area contributed by atoms with Gasteiger partial charge in [0.25, 0.3) is 0 Å². The standard InChI is InChI=1S/C25H38N7O4P/c1-7-12-35-24(33)25(5,6)31-37(34,30-19(4)20-10-8-17(2)9-11-20)16-36-18(3)13-32-15-29-21-22(26)27-14-28-23(21)32/h8-11,14-15,18-19H,7,12-13,16H2,1-6H3,(H2,26,27,28)(H2,30,31,34)/t18-,19+,37?/m0/s1. The third-order valence-electron chi connectivity index (χ3n) is 5.81. The first-order chi connectivity index (χ1) is 17.4. The Kier molecular flexibility index (Phi) is 9.41. The van der Waals surface area contributed by atoms with Crippen LogP contribution in [0.3, 0.4) is 0 Å². The second-order valence-corrected chi connectivity index (χ2v) is 12.0. The average Bonchev–Trinajstić information content (AvgIpc) is 3.25. The van der Waals surface area contributed by atoms with Gasteiger partial charge in [-0.2, -0.15) is 0 Å². The van der Waals surface area contributed by atoms with Crippen LogP contribution in [0.2, 0.25) is 0 Å². The number of rotatable bonds is 13. The van der Waals surface area contributed by atoms with E-state index in [2.05, 4.69) is 25.1 Å². The van der Waals surface area contributed by atoms with Crippen molar-refractivity contribution in [3.05, 3.63) is 48.0 Å². The summed E-state index contributed by atoms with van der Waals surface area (Å²) in [7, 11) is -3.45. The second-order valence-electron chi connectivity index (χ2n) is 9.81. The molecule has 37 heavy (non-hydrogen) atoms. The highest BCUT2D eigenvalue weighted by molar-refractivity contribution is 7.59. The third kappa shape index (κ3) is 7.58. The summed E-state index contributed by atoms with van der Waals surface area (Å²) in [4.78, 5) is 25.2. The van der Waals surface area contributed by atoms with Crippen molar-refractivity contribution in [3.63, 3.8) is 0 Å². The van der Waals surface area contributed by atoms with Gasteiger partial charge in [0.15, 0.2) is 11.5 Å². The van der Waals surface area contributed by atoms with Crippen LogP contribution in [0.25, 0.3) is 11.2 Å². The van der Waals surface area contributed by atoms with Crippen LogP contribution in [0.15, 0.2) is 36.9 Å². The Labute approximate surface area is 218 Å². The van der Waals surface area contributed by atoms with E-state index in [1.54, 1.807) is 20.2 Å². The molecule has 2 heterocycles. The molecule has 1 unspecified atom stereocenters. The quantitative estimate of drug-likeness (QED) is 0.219. The van der Waals surface area contributed by atoms with Crippen molar-refractivity contribution in [1.82, 2.24) is 29.7 Å². The number of aryl methyl sites for hydroxylation is 1. The van der Waals surface area contributed by atoms with Gasteiger partial charge in [-0.1, -0.05) is 36.8 Å². The molecule has 202 valence electrons. The fourth-order valence-corrected chi connectivity index (χ4v) is 6.25. The molecule has 3 rings (SSSR count). The highest BCUT2D eigenvalue weighted by atomic mass is 31.2. The lowest BCUT2D eigenvalue weighted by molar-refractivity contribution is -0.149. The number of ether oxygens (including phenoxy) is 2. The first kappa shape index (κ1) is 28.7. The van der Waals surface area contributed by atoms with Gasteiger partial charge in [-0.25, -0.2) is 25.1 Å². The topological polar surface area (TPSA) is 146 Å². The first-order valence-corrected chi connectivity index (χ1v) is 14.3. The van der Waals surface area contributed by atoms with Crippen LogP contribution in [0.1, 0.15) is 58.2 Å². The predicted molar refractivity (Wildman–Crippen MR) is 144 cm³/mol. The molecule has 11 nitrogen and oxygen atoms in total. The largest absolute Gasteiger partial charge is 0.464 e. The van der Waals surface area contributed by atoms with Gasteiger partial charge in [-0.3, -0.25) is 9.36 Å². The number of anilines is 1. The number of imidazole rings is 1. The fourth-order valence-electron chi connectivity index (χ4n) is 3.81. The number of hydrogen-bond donors (Lipinski definition) is 3. The van der Waals surface area contributed by atoms with E-state index in [1.807, 2.05) is 56.5 Å². The number of benzene rings is 1. The molecule has 3 aromatic rings. The van der Waals surface area contributed by atoms with Crippen molar-refractivity contribution in [2.75, 3.05) is 18.7 Å². The zero-order valence-electron chi connectivity index (χ0n) is 22.4. The summed E-state index contributed by atoms with van der Waals surface area (Å²) in [5, 5.41) is 6.23. The molecule has 3 atom stereocenters. The van der Waals surface area contributed by atoms with Crippen LogP contribution in [-0.2, 0) is 25.4 Å². The molecule has 0 aliphatic heterocycles. The second kappa shape index (κ2) is 12.1. The minimum Gasteiger partial charge on any atom is -0.464 e. The van der Waals surface area contributed by atoms with E-state index in [1.165, 1.54) is 6.33 Å². The van der Waals surface area contributed by atoms with Gasteiger partial charge in [-0.05, 0) is 46.6 Å². The lowest BCUT2D eigenvalue weighted by Crippen LogP contribution is -2.49. The molecule has 0 bridgehead atoms. The predicted octanol–water partition coefficient (Wildman–Crippen LogP) is 3.94. The molecule has 12 heteroatoms. The maximum absolute atomic E-state index is 14.2. The number of nitrogens with two attached hydrogens (primary N) is 1. The molecular formula is C25H38N7O4P. The molecule has 0 saturated heterocycles. The molecule has 2 aromatic heterocycles. The van der Waals surface area contributed by atoms with E-state index in [4.69, 9.17) is 15.2 Å². The van der Waals surface area contributed by atoms with E-state index >= 15 is 0 Å². The van der Waals surface area contributed by atoms with E-state index in [0.717, 1.165) is 11.1 Å². The summed E-state index contributed by atoms with van der Waals surface area (Å²) in [6.45, 7) is 11.7. The van der Waals surface area contributed by atoms with Gasteiger partial charge in [0.1, 0.15) is 23.7 Å². The minimum atomic E-state index is -3.45. The maximum Gasteiger partial charge on any atom is 0.326 e. The molecule has 0 saturated carbocycles. The maximum atomic E-state index is 14.2. The number of fused-ring (bicyclic) bond motifs is 1. The fraction of sp³-hybridized carbons (Fsp3) is 0.520. The minimum absolute atomic E-state index is 0.154. The first-order valence-electron chi connectivity index (χ1n) is 12.4. The summed E-state index contributed by atoms with van der Waals surface area (Å²) in [6.07, 6.45) is 3.20. The Hall–Kier alpha value is -2.85. The van der Waals surface area contributed by atoms with Crippen LogP contribution in [0.4, 0.5) is 5.82 Å². The van der Waals surface area contributed by atoms with Crippen molar-refractivity contribution < 1.29 is 18.8 Å². The SMILES string of the molecule is CCCOC(=O)C(C)(C)NP(=O)(CO[C@@H](C)Cn1cnc2c(N)ncnc21)N[C@H](C)c1ccc(C)cc1. The number of esters is 1. The zero-order valence-corrected chi connectivity index (χ0v) is 23.3. The smallest absolute Gasteiger partial charge is 0.326 e.